The molecule has 122 valence electrons. The second kappa shape index (κ2) is 5.72. The van der Waals surface area contributed by atoms with Crippen molar-refractivity contribution in [3.63, 3.8) is 0 Å². The number of hydrogen-bond acceptors (Lipinski definition) is 5. The highest BCUT2D eigenvalue weighted by molar-refractivity contribution is 8.05. The molecule has 0 fully saturated rings. The Hall–Kier alpha value is -0.480. The molecule has 0 saturated heterocycles. The fourth-order valence-electron chi connectivity index (χ4n) is 0.506. The van der Waals surface area contributed by atoms with Crippen LogP contribution < -0.4 is 0 Å². The number of alkyl halides is 3. The van der Waals surface area contributed by atoms with E-state index in [0.29, 0.717) is 8.61 Å². The molecule has 0 spiro atoms. The van der Waals surface area contributed by atoms with E-state index >= 15 is 0 Å². The molecule has 15 heteroatoms. The van der Waals surface area contributed by atoms with E-state index in [1.54, 1.807) is 0 Å². The molecule has 0 radical (unpaired) electrons. The Balaban J connectivity index is 6.51. The van der Waals surface area contributed by atoms with Gasteiger partial charge in [-0.05, 0) is 0 Å². The van der Waals surface area contributed by atoms with Gasteiger partial charge in [-0.2, -0.15) is 25.9 Å². The van der Waals surface area contributed by atoms with Gasteiger partial charge in [-0.25, -0.2) is 8.51 Å². The molecule has 0 aliphatic rings. The van der Waals surface area contributed by atoms with Crippen LogP contribution in [0.25, 0.3) is 0 Å². The van der Waals surface area contributed by atoms with E-state index in [9.17, 15) is 34.6 Å². The van der Waals surface area contributed by atoms with Gasteiger partial charge >= 0.3 is 15.7 Å². The van der Waals surface area contributed by atoms with Crippen molar-refractivity contribution in [1.29, 1.82) is 0 Å². The van der Waals surface area contributed by atoms with Crippen LogP contribution in [0.5, 0.6) is 0 Å². The number of rotatable bonds is 4. The van der Waals surface area contributed by atoms with Gasteiger partial charge in [0, 0.05) is 28.2 Å². The Morgan fingerprint density at radius 1 is 0.900 bits per heavy atom. The van der Waals surface area contributed by atoms with Gasteiger partial charge < -0.3 is 4.55 Å². The van der Waals surface area contributed by atoms with E-state index in [-0.39, 0.29) is 0 Å². The monoisotopic (exact) mass is 361 g/mol. The standard InChI is InChI=1S/C5H13F3N4O5S3/c1-11(2)19(15,10-20(16,17)12(3)4)9-18(13,14)5(6,7)8/h1-4H3,(H,9,10,13,14,15)/p-1. The van der Waals surface area contributed by atoms with Gasteiger partial charge in [0.05, 0.1) is 0 Å². The van der Waals surface area contributed by atoms with Crippen molar-refractivity contribution in [2.75, 3.05) is 28.2 Å². The Kier molecular flexibility index (Phi) is 5.58. The summed E-state index contributed by atoms with van der Waals surface area (Å²) in [4.78, 5) is 0. The molecule has 0 rings (SSSR count). The minimum Gasteiger partial charge on any atom is -0.757 e. The first-order valence-electron chi connectivity index (χ1n) is 4.49. The number of nitrogens with zero attached hydrogens (tertiary/aromatic N) is 4. The molecule has 0 heterocycles. The Bertz CT molecular complexity index is 694. The van der Waals surface area contributed by atoms with Crippen molar-refractivity contribution < 1.29 is 34.6 Å². The molecule has 0 aromatic rings. The van der Waals surface area contributed by atoms with Gasteiger partial charge in [0.2, 0.25) is 10.1 Å². The molecule has 9 nitrogen and oxygen atoms in total. The van der Waals surface area contributed by atoms with Crippen LogP contribution in [0, 0.1) is 0 Å². The lowest BCUT2D eigenvalue weighted by molar-refractivity contribution is -0.0474. The fraction of sp³-hybridized carbons (Fsp3) is 1.00. The Morgan fingerprint density at radius 2 is 1.30 bits per heavy atom. The number of hydrogen-bond donors (Lipinski definition) is 0. The van der Waals surface area contributed by atoms with Crippen LogP contribution in [0.3, 0.4) is 0 Å². The lowest BCUT2D eigenvalue weighted by Gasteiger charge is -2.20. The third-order valence-electron chi connectivity index (χ3n) is 1.62. The minimum absolute atomic E-state index is 0.358. The van der Waals surface area contributed by atoms with Crippen LogP contribution in [0.4, 0.5) is 13.2 Å². The average Bonchev–Trinajstić information content (AvgIpc) is 2.12. The maximum Gasteiger partial charge on any atom is 0.468 e. The molecular formula is C5H12F3N4O5S3-. The zero-order chi connectivity index (χ0) is 16.6. The van der Waals surface area contributed by atoms with Crippen molar-refractivity contribution >= 4 is 30.3 Å². The second-order valence-electron chi connectivity index (χ2n) is 3.61. The van der Waals surface area contributed by atoms with Gasteiger partial charge in [0.15, 0.2) is 0 Å². The highest BCUT2D eigenvalue weighted by Crippen LogP contribution is 2.26. The van der Waals surface area contributed by atoms with Gasteiger partial charge in [-0.3, -0.25) is 4.21 Å². The zero-order valence-corrected chi connectivity index (χ0v) is 13.1. The van der Waals surface area contributed by atoms with Crippen LogP contribution >= 0.6 is 0 Å². The Morgan fingerprint density at radius 3 is 1.55 bits per heavy atom. The molecular weight excluding hydrogens is 349 g/mol. The molecule has 2 unspecified atom stereocenters. The third kappa shape index (κ3) is 4.52. The second-order valence-corrected chi connectivity index (χ2v) is 9.51. The molecule has 2 atom stereocenters. The smallest absolute Gasteiger partial charge is 0.468 e. The number of halogens is 3. The van der Waals surface area contributed by atoms with Gasteiger partial charge in [0.25, 0.3) is 0 Å². The van der Waals surface area contributed by atoms with E-state index in [1.165, 1.54) is 0 Å². The van der Waals surface area contributed by atoms with Crippen molar-refractivity contribution in [3.05, 3.63) is 0 Å². The van der Waals surface area contributed by atoms with E-state index in [0.717, 1.165) is 28.2 Å². The maximum atomic E-state index is 12.2. The summed E-state index contributed by atoms with van der Waals surface area (Å²) in [5, 5.41) is 0. The van der Waals surface area contributed by atoms with Crippen molar-refractivity contribution in [2.24, 2.45) is 7.54 Å². The highest BCUT2D eigenvalue weighted by atomic mass is 32.3. The lowest BCUT2D eigenvalue weighted by atomic mass is 11.3. The Labute approximate surface area is 115 Å². The molecule has 20 heavy (non-hydrogen) atoms. The van der Waals surface area contributed by atoms with E-state index < -0.39 is 35.8 Å². The summed E-state index contributed by atoms with van der Waals surface area (Å²) in [5.41, 5.74) is -5.82. The van der Waals surface area contributed by atoms with Gasteiger partial charge in [-0.1, -0.05) is 3.77 Å². The predicted molar refractivity (Wildman–Crippen MR) is 64.3 cm³/mol. The molecule has 0 aliphatic carbocycles. The summed E-state index contributed by atoms with van der Waals surface area (Å²) in [7, 11) is -11.8. The lowest BCUT2D eigenvalue weighted by Crippen LogP contribution is -2.30. The van der Waals surface area contributed by atoms with Crippen LogP contribution in [0.1, 0.15) is 0 Å². The first-order valence-corrected chi connectivity index (χ1v) is 8.75. The topological polar surface area (TPSA) is 123 Å². The van der Waals surface area contributed by atoms with Gasteiger partial charge in [0.1, 0.15) is 10.0 Å². The molecule has 0 amide bonds. The van der Waals surface area contributed by atoms with Crippen LogP contribution in [0.2, 0.25) is 0 Å². The summed E-state index contributed by atoms with van der Waals surface area (Å²) in [6.07, 6.45) is 0. The highest BCUT2D eigenvalue weighted by Gasteiger charge is 2.37. The summed E-state index contributed by atoms with van der Waals surface area (Å²) in [6, 6.07) is 0. The van der Waals surface area contributed by atoms with Crippen LogP contribution in [0.15, 0.2) is 7.54 Å². The van der Waals surface area contributed by atoms with Crippen molar-refractivity contribution in [2.45, 2.75) is 5.51 Å². The first-order chi connectivity index (χ1) is 8.55. The van der Waals surface area contributed by atoms with Crippen molar-refractivity contribution in [1.82, 2.24) is 8.61 Å². The van der Waals surface area contributed by atoms with E-state index in [4.69, 9.17) is 0 Å². The molecule has 0 aromatic carbocycles. The zero-order valence-electron chi connectivity index (χ0n) is 10.7. The molecule has 0 aliphatic heterocycles. The van der Waals surface area contributed by atoms with E-state index in [2.05, 4.69) is 7.54 Å². The largest absolute Gasteiger partial charge is 0.757 e. The summed E-state index contributed by atoms with van der Waals surface area (Å²) < 4.78 is 98.6. The van der Waals surface area contributed by atoms with Crippen LogP contribution in [-0.2, 0) is 30.3 Å². The third-order valence-corrected chi connectivity index (χ3v) is 7.17. The quantitative estimate of drug-likeness (QED) is 0.684. The summed E-state index contributed by atoms with van der Waals surface area (Å²) in [5.74, 6) is 0. The summed E-state index contributed by atoms with van der Waals surface area (Å²) in [6.45, 7) is 0. The first kappa shape index (κ1) is 19.5. The molecule has 0 saturated carbocycles. The van der Waals surface area contributed by atoms with Gasteiger partial charge in [-0.15, -0.1) is 3.77 Å². The predicted octanol–water partition coefficient (Wildman–Crippen LogP) is -0.229. The summed E-state index contributed by atoms with van der Waals surface area (Å²) >= 11 is 0. The molecule has 0 bridgehead atoms. The molecule has 0 N–H and O–H groups in total. The van der Waals surface area contributed by atoms with Crippen molar-refractivity contribution in [3.8, 4) is 0 Å². The molecule has 0 aromatic heterocycles. The van der Waals surface area contributed by atoms with E-state index in [1.807, 2.05) is 0 Å². The normalized spacial score (nSPS) is 19.5. The average molecular weight is 361 g/mol. The van der Waals surface area contributed by atoms with Crippen LogP contribution in [-0.4, -0.2) is 63.7 Å². The fourth-order valence-corrected chi connectivity index (χ4v) is 4.80. The maximum absolute atomic E-state index is 12.2. The minimum atomic E-state index is -6.17. The SMILES string of the molecule is CN(C)S(=O)(=O)N=S(=O)(N=S(=O)([O-])C(F)(F)F)N(C)C.